The summed E-state index contributed by atoms with van der Waals surface area (Å²) in [6.45, 7) is 3.93. The van der Waals surface area contributed by atoms with E-state index in [0.29, 0.717) is 6.42 Å². The predicted octanol–water partition coefficient (Wildman–Crippen LogP) is 2.60. The second-order valence-electron chi connectivity index (χ2n) is 3.98. The number of hydrogen-bond donors (Lipinski definition) is 2. The highest BCUT2D eigenvalue weighted by Gasteiger charge is 2.11. The van der Waals surface area contributed by atoms with E-state index >= 15 is 0 Å². The molecule has 2 atom stereocenters. The van der Waals surface area contributed by atoms with E-state index in [2.05, 4.69) is 28.9 Å². The van der Waals surface area contributed by atoms with Crippen LogP contribution in [-0.2, 0) is 0 Å². The molecule has 15 heavy (non-hydrogen) atoms. The first kappa shape index (κ1) is 12.7. The standard InChI is InChI=1S/C12H17BrO2/c1-8(6-11(15)7-14)10-3-4-12(13)9(2)5-10/h3-5,8,11,14-15H,6-7H2,1-2H3. The summed E-state index contributed by atoms with van der Waals surface area (Å²) < 4.78 is 1.10. The van der Waals surface area contributed by atoms with E-state index in [4.69, 9.17) is 5.11 Å². The molecule has 2 unspecified atom stereocenters. The molecule has 0 aliphatic rings. The first-order chi connectivity index (χ1) is 7.04. The maximum absolute atomic E-state index is 9.35. The summed E-state index contributed by atoms with van der Waals surface area (Å²) in [5, 5.41) is 18.1. The smallest absolute Gasteiger partial charge is 0.0776 e. The summed E-state index contributed by atoms with van der Waals surface area (Å²) in [6, 6.07) is 6.18. The molecule has 84 valence electrons. The molecule has 0 aliphatic heterocycles. The van der Waals surface area contributed by atoms with Gasteiger partial charge >= 0.3 is 0 Å². The van der Waals surface area contributed by atoms with Gasteiger partial charge in [-0.05, 0) is 36.5 Å². The molecular formula is C12H17BrO2. The Kier molecular flexibility index (Phi) is 4.77. The van der Waals surface area contributed by atoms with Crippen LogP contribution in [0.2, 0.25) is 0 Å². The van der Waals surface area contributed by atoms with Crippen LogP contribution in [0.15, 0.2) is 22.7 Å². The fourth-order valence-electron chi connectivity index (χ4n) is 1.59. The fraction of sp³-hybridized carbons (Fsp3) is 0.500. The summed E-state index contributed by atoms with van der Waals surface area (Å²) in [5.74, 6) is 0.263. The number of aliphatic hydroxyl groups is 2. The molecule has 0 aliphatic carbocycles. The second kappa shape index (κ2) is 5.64. The molecule has 0 heterocycles. The molecule has 0 amide bonds. The van der Waals surface area contributed by atoms with Crippen LogP contribution in [0.1, 0.15) is 30.4 Å². The van der Waals surface area contributed by atoms with Gasteiger partial charge in [-0.2, -0.15) is 0 Å². The van der Waals surface area contributed by atoms with Crippen molar-refractivity contribution in [2.45, 2.75) is 32.3 Å². The average Bonchev–Trinajstić information content (AvgIpc) is 2.21. The third kappa shape index (κ3) is 3.59. The van der Waals surface area contributed by atoms with Crippen LogP contribution in [0, 0.1) is 6.92 Å². The second-order valence-corrected chi connectivity index (χ2v) is 4.84. The zero-order valence-corrected chi connectivity index (χ0v) is 10.7. The van der Waals surface area contributed by atoms with Gasteiger partial charge in [0.15, 0.2) is 0 Å². The van der Waals surface area contributed by atoms with Gasteiger partial charge in [-0.3, -0.25) is 0 Å². The molecule has 0 spiro atoms. The van der Waals surface area contributed by atoms with E-state index in [-0.39, 0.29) is 12.5 Å². The molecule has 0 saturated heterocycles. The van der Waals surface area contributed by atoms with E-state index in [1.807, 2.05) is 19.1 Å². The highest BCUT2D eigenvalue weighted by atomic mass is 79.9. The molecule has 0 fully saturated rings. The van der Waals surface area contributed by atoms with E-state index < -0.39 is 6.10 Å². The molecule has 3 heteroatoms. The van der Waals surface area contributed by atoms with Crippen LogP contribution < -0.4 is 0 Å². The number of aryl methyl sites for hydroxylation is 1. The topological polar surface area (TPSA) is 40.5 Å². The number of halogens is 1. The normalized spacial score (nSPS) is 15.0. The first-order valence-corrected chi connectivity index (χ1v) is 5.89. The van der Waals surface area contributed by atoms with Gasteiger partial charge in [-0.1, -0.05) is 35.0 Å². The molecule has 1 rings (SSSR count). The summed E-state index contributed by atoms with van der Waals surface area (Å²) in [4.78, 5) is 0. The van der Waals surface area contributed by atoms with Crippen molar-refractivity contribution in [3.63, 3.8) is 0 Å². The van der Waals surface area contributed by atoms with E-state index in [1.54, 1.807) is 0 Å². The molecule has 0 radical (unpaired) electrons. The Bertz CT molecular complexity index is 325. The van der Waals surface area contributed by atoms with E-state index in [0.717, 1.165) is 4.47 Å². The first-order valence-electron chi connectivity index (χ1n) is 5.09. The van der Waals surface area contributed by atoms with Gasteiger partial charge in [-0.15, -0.1) is 0 Å². The van der Waals surface area contributed by atoms with Crippen molar-refractivity contribution in [2.75, 3.05) is 6.61 Å². The molecule has 0 bridgehead atoms. The Hall–Kier alpha value is -0.380. The minimum Gasteiger partial charge on any atom is -0.394 e. The highest BCUT2D eigenvalue weighted by Crippen LogP contribution is 2.25. The predicted molar refractivity (Wildman–Crippen MR) is 65.0 cm³/mol. The zero-order chi connectivity index (χ0) is 11.4. The maximum atomic E-state index is 9.35. The van der Waals surface area contributed by atoms with Crippen LogP contribution in [-0.4, -0.2) is 22.9 Å². The quantitative estimate of drug-likeness (QED) is 0.885. The molecule has 0 saturated carbocycles. The van der Waals surface area contributed by atoms with Crippen molar-refractivity contribution >= 4 is 15.9 Å². The Morgan fingerprint density at radius 1 is 1.40 bits per heavy atom. The lowest BCUT2D eigenvalue weighted by molar-refractivity contribution is 0.0835. The van der Waals surface area contributed by atoms with Crippen LogP contribution in [0.3, 0.4) is 0 Å². The summed E-state index contributed by atoms with van der Waals surface area (Å²) in [7, 11) is 0. The Morgan fingerprint density at radius 3 is 2.60 bits per heavy atom. The van der Waals surface area contributed by atoms with E-state index in [9.17, 15) is 5.11 Å². The number of aliphatic hydroxyl groups excluding tert-OH is 2. The van der Waals surface area contributed by atoms with Crippen molar-refractivity contribution in [3.8, 4) is 0 Å². The summed E-state index contributed by atoms with van der Waals surface area (Å²) in [6.07, 6.45) is -0.0265. The van der Waals surface area contributed by atoms with Gasteiger partial charge in [0.2, 0.25) is 0 Å². The van der Waals surface area contributed by atoms with Gasteiger partial charge in [0, 0.05) is 4.47 Å². The van der Waals surface area contributed by atoms with Crippen molar-refractivity contribution in [3.05, 3.63) is 33.8 Å². The van der Waals surface area contributed by atoms with Gasteiger partial charge in [0.05, 0.1) is 12.7 Å². The number of benzene rings is 1. The van der Waals surface area contributed by atoms with Crippen molar-refractivity contribution in [1.29, 1.82) is 0 Å². The van der Waals surface area contributed by atoms with Gasteiger partial charge in [0.1, 0.15) is 0 Å². The monoisotopic (exact) mass is 272 g/mol. The summed E-state index contributed by atoms with van der Waals surface area (Å²) in [5.41, 5.74) is 2.39. The maximum Gasteiger partial charge on any atom is 0.0776 e. The van der Waals surface area contributed by atoms with Gasteiger partial charge in [-0.25, -0.2) is 0 Å². The third-order valence-electron chi connectivity index (χ3n) is 2.59. The van der Waals surface area contributed by atoms with Crippen LogP contribution in [0.5, 0.6) is 0 Å². The van der Waals surface area contributed by atoms with E-state index in [1.165, 1.54) is 11.1 Å². The van der Waals surface area contributed by atoms with Crippen LogP contribution >= 0.6 is 15.9 Å². The Labute approximate surface area is 99.1 Å². The molecule has 2 N–H and O–H groups in total. The van der Waals surface area contributed by atoms with Crippen LogP contribution in [0.25, 0.3) is 0 Å². The minimum absolute atomic E-state index is 0.167. The lowest BCUT2D eigenvalue weighted by atomic mass is 9.94. The fourth-order valence-corrected chi connectivity index (χ4v) is 1.84. The zero-order valence-electron chi connectivity index (χ0n) is 9.07. The molecule has 1 aromatic carbocycles. The SMILES string of the molecule is Cc1cc(C(C)CC(O)CO)ccc1Br. The van der Waals surface area contributed by atoms with Crippen molar-refractivity contribution in [2.24, 2.45) is 0 Å². The lowest BCUT2D eigenvalue weighted by Crippen LogP contribution is -2.15. The van der Waals surface area contributed by atoms with Gasteiger partial charge in [0.25, 0.3) is 0 Å². The highest BCUT2D eigenvalue weighted by molar-refractivity contribution is 9.10. The van der Waals surface area contributed by atoms with Gasteiger partial charge < -0.3 is 10.2 Å². The van der Waals surface area contributed by atoms with Crippen LogP contribution in [0.4, 0.5) is 0 Å². The Morgan fingerprint density at radius 2 is 2.07 bits per heavy atom. The average molecular weight is 273 g/mol. The lowest BCUT2D eigenvalue weighted by Gasteiger charge is -2.16. The Balaban J connectivity index is 2.73. The minimum atomic E-state index is -0.621. The number of rotatable bonds is 4. The molecule has 1 aromatic rings. The van der Waals surface area contributed by atoms with Crippen molar-refractivity contribution in [1.82, 2.24) is 0 Å². The largest absolute Gasteiger partial charge is 0.394 e. The number of hydrogen-bond acceptors (Lipinski definition) is 2. The summed E-state index contributed by atoms with van der Waals surface area (Å²) >= 11 is 3.45. The molecular weight excluding hydrogens is 256 g/mol. The molecule has 0 aromatic heterocycles. The molecule has 2 nitrogen and oxygen atoms in total. The van der Waals surface area contributed by atoms with Crippen molar-refractivity contribution < 1.29 is 10.2 Å². The third-order valence-corrected chi connectivity index (χ3v) is 3.48.